The summed E-state index contributed by atoms with van der Waals surface area (Å²) in [5.41, 5.74) is 0. The van der Waals surface area contributed by atoms with E-state index in [9.17, 15) is 19.2 Å². The van der Waals surface area contributed by atoms with Crippen molar-refractivity contribution in [2.24, 2.45) is 0 Å². The summed E-state index contributed by atoms with van der Waals surface area (Å²) in [4.78, 5) is 45.5. The number of carboxylic acid groups (broad SMARTS) is 2. The Kier molecular flexibility index (Phi) is 7.32. The number of hydrogen-bond acceptors (Lipinski definition) is 8. The van der Waals surface area contributed by atoms with Crippen LogP contribution < -0.4 is 0 Å². The van der Waals surface area contributed by atoms with Crippen molar-refractivity contribution < 1.29 is 35.5 Å². The number of aliphatic carboxylic acids is 2. The van der Waals surface area contributed by atoms with Crippen LogP contribution in [0.15, 0.2) is 0 Å². The van der Waals surface area contributed by atoms with Gasteiger partial charge in [0.2, 0.25) is 0 Å². The summed E-state index contributed by atoms with van der Waals surface area (Å²) >= 11 is -0.515. The first-order valence-electron chi connectivity index (χ1n) is 6.23. The second-order valence-electron chi connectivity index (χ2n) is 4.85. The van der Waals surface area contributed by atoms with Crippen LogP contribution in [0.1, 0.15) is 26.7 Å². The first-order chi connectivity index (χ1) is 10.1. The average Bonchev–Trinajstić information content (AvgIpc) is 2.34. The molecule has 0 aromatic carbocycles. The minimum absolute atomic E-state index is 0.406. The molecule has 124 valence electrons. The van der Waals surface area contributed by atoms with Crippen molar-refractivity contribution in [2.45, 2.75) is 41.3 Å². The van der Waals surface area contributed by atoms with Crippen LogP contribution in [0.5, 0.6) is 0 Å². The molecule has 0 radical (unpaired) electrons. The number of hydrogen-bond donors (Lipinski definition) is 2. The zero-order valence-electron chi connectivity index (χ0n) is 11.9. The molecule has 22 heavy (non-hydrogen) atoms. The van der Waals surface area contributed by atoms with Gasteiger partial charge in [0.1, 0.15) is 0 Å². The first kappa shape index (κ1) is 19.4. The van der Waals surface area contributed by atoms with Crippen molar-refractivity contribution in [2.75, 3.05) is 0 Å². The Balaban J connectivity index is 2.95. The number of carbonyl (C=O) groups excluding carboxylic acids is 2. The molecule has 1 aliphatic heterocycles. The van der Waals surface area contributed by atoms with Crippen LogP contribution in [0.2, 0.25) is 0 Å². The summed E-state index contributed by atoms with van der Waals surface area (Å²) in [6, 6.07) is 0. The number of carbonyl (C=O) groups is 4. The number of thioether (sulfide) groups is 2. The van der Waals surface area contributed by atoms with Crippen molar-refractivity contribution in [3.8, 4) is 0 Å². The standard InChI is InChI=1S/C11H16O8S2.Sn.2H/c1-11(2,20-5(9(16)17)3-7(12)13)21-6(10(18)19)4-8(14)15;;;/h5-6H,3-4H2,1-2H3,(H,12,13)(H,14,15)(H,16,17)(H,18,19);;;/q;+2;;/p-2. The first-order valence-corrected chi connectivity index (χ1v) is 11.3. The van der Waals surface area contributed by atoms with Gasteiger partial charge in [-0.2, -0.15) is 0 Å². The normalized spacial score (nSPS) is 26.8. The van der Waals surface area contributed by atoms with E-state index in [0.717, 1.165) is 23.5 Å². The van der Waals surface area contributed by atoms with Gasteiger partial charge in [0.15, 0.2) is 0 Å². The quantitative estimate of drug-likeness (QED) is 0.554. The van der Waals surface area contributed by atoms with E-state index >= 15 is 0 Å². The molecule has 2 atom stereocenters. The fraction of sp³-hybridized carbons (Fsp3) is 0.636. The number of carboxylic acids is 2. The maximum atomic E-state index is 11.9. The van der Waals surface area contributed by atoms with Gasteiger partial charge >= 0.3 is 146 Å². The molecule has 1 aliphatic rings. The Morgan fingerprint density at radius 1 is 1.05 bits per heavy atom. The second-order valence-corrected chi connectivity index (χ2v) is 11.1. The van der Waals surface area contributed by atoms with Gasteiger partial charge in [0, 0.05) is 0 Å². The van der Waals surface area contributed by atoms with E-state index in [-0.39, 0.29) is 0 Å². The molecule has 0 aromatic rings. The molecule has 0 aliphatic carbocycles. The van der Waals surface area contributed by atoms with Gasteiger partial charge < -0.3 is 0 Å². The summed E-state index contributed by atoms with van der Waals surface area (Å²) in [5, 5.41) is 15.9. The van der Waals surface area contributed by atoms with Crippen LogP contribution in [-0.4, -0.2) is 70.6 Å². The van der Waals surface area contributed by atoms with Gasteiger partial charge in [0.05, 0.1) is 0 Å². The molecule has 1 rings (SSSR count). The Morgan fingerprint density at radius 2 is 1.41 bits per heavy atom. The Labute approximate surface area is 146 Å². The van der Waals surface area contributed by atoms with Gasteiger partial charge in [-0.15, -0.1) is 0 Å². The van der Waals surface area contributed by atoms with Crippen LogP contribution in [0.4, 0.5) is 0 Å². The third kappa shape index (κ3) is 6.65. The average molecular weight is 459 g/mol. The molecule has 0 aromatic heterocycles. The van der Waals surface area contributed by atoms with Gasteiger partial charge in [-0.3, -0.25) is 0 Å². The van der Waals surface area contributed by atoms with Crippen LogP contribution in [0.3, 0.4) is 0 Å². The van der Waals surface area contributed by atoms with Crippen LogP contribution >= 0.6 is 23.5 Å². The third-order valence-electron chi connectivity index (χ3n) is 2.50. The van der Waals surface area contributed by atoms with Gasteiger partial charge in [-0.05, 0) is 0 Å². The monoisotopic (exact) mass is 460 g/mol. The van der Waals surface area contributed by atoms with Crippen LogP contribution in [0, 0.1) is 0 Å². The molecule has 1 fully saturated rings. The van der Waals surface area contributed by atoms with Crippen molar-refractivity contribution in [1.82, 2.24) is 0 Å². The van der Waals surface area contributed by atoms with Crippen molar-refractivity contribution in [3.63, 3.8) is 0 Å². The van der Waals surface area contributed by atoms with E-state index in [1.54, 1.807) is 13.8 Å². The van der Waals surface area contributed by atoms with Crippen molar-refractivity contribution >= 4 is 69.4 Å². The molecule has 1 heterocycles. The fourth-order valence-electron chi connectivity index (χ4n) is 1.71. The molecule has 0 bridgehead atoms. The summed E-state index contributed by atoms with van der Waals surface area (Å²) in [6.07, 6.45) is -0.812. The number of rotatable bonds is 4. The Morgan fingerprint density at radius 3 is 1.73 bits per heavy atom. The van der Waals surface area contributed by atoms with E-state index < -0.39 is 73.3 Å². The predicted octanol–water partition coefficient (Wildman–Crippen LogP) is -0.0257. The third-order valence-corrected chi connectivity index (χ3v) is 7.80. The zero-order valence-corrected chi connectivity index (χ0v) is 17.6. The van der Waals surface area contributed by atoms with Gasteiger partial charge in [-0.1, -0.05) is 0 Å². The predicted molar refractivity (Wildman–Crippen MR) is 82.1 cm³/mol. The summed E-state index contributed by atoms with van der Waals surface area (Å²) in [6.45, 7) is 3.38. The minimum atomic E-state index is -2.63. The van der Waals surface area contributed by atoms with E-state index in [4.69, 9.17) is 16.4 Å². The van der Waals surface area contributed by atoms with Crippen molar-refractivity contribution in [1.29, 1.82) is 0 Å². The topological polar surface area (TPSA) is 127 Å². The van der Waals surface area contributed by atoms with Crippen LogP contribution in [0.25, 0.3) is 0 Å². The molecule has 0 amide bonds. The summed E-state index contributed by atoms with van der Waals surface area (Å²) < 4.78 is 9.11. The van der Waals surface area contributed by atoms with E-state index in [2.05, 4.69) is 0 Å². The molecule has 8 nitrogen and oxygen atoms in total. The van der Waals surface area contributed by atoms with Crippen LogP contribution in [-0.2, 0) is 25.3 Å². The Hall–Kier alpha value is -0.621. The molecule has 1 saturated heterocycles. The van der Waals surface area contributed by atoms with E-state index in [0.29, 0.717) is 0 Å². The molecule has 0 spiro atoms. The van der Waals surface area contributed by atoms with Crippen molar-refractivity contribution in [3.05, 3.63) is 0 Å². The molecule has 0 saturated carbocycles. The van der Waals surface area contributed by atoms with E-state index in [1.807, 2.05) is 0 Å². The molecule has 2 N–H and O–H groups in total. The molecular weight excluding hydrogens is 443 g/mol. The van der Waals surface area contributed by atoms with Gasteiger partial charge in [-0.25, -0.2) is 0 Å². The molecule has 11 heteroatoms. The molecule has 2 unspecified atom stereocenters. The van der Waals surface area contributed by atoms with E-state index in [1.165, 1.54) is 0 Å². The van der Waals surface area contributed by atoms with Gasteiger partial charge in [0.25, 0.3) is 0 Å². The maximum absolute atomic E-state index is 11.9. The fourth-order valence-corrected chi connectivity index (χ4v) is 7.45. The molecular formula is C11H16O8S2Sn. The summed E-state index contributed by atoms with van der Waals surface area (Å²) in [5.74, 6) is -3.66. The summed E-state index contributed by atoms with van der Waals surface area (Å²) in [7, 11) is 0. The second kappa shape index (κ2) is 8.29. The zero-order chi connectivity index (χ0) is 16.9. The Bertz CT molecular complexity index is 441. The SMILES string of the molecule is CC1(C)SC(CC(=O)O)C(=O)[O][SnH2][O]C(=O)C(CC(=O)O)S1.